The maximum Gasteiger partial charge on any atom is 0.229 e. The van der Waals surface area contributed by atoms with E-state index in [4.69, 9.17) is 10.2 Å². The van der Waals surface area contributed by atoms with Crippen LogP contribution in [-0.4, -0.2) is 22.5 Å². The highest BCUT2D eigenvalue weighted by atomic mass is 32.2. The van der Waals surface area contributed by atoms with Crippen molar-refractivity contribution in [3.63, 3.8) is 0 Å². The molecule has 78 valence electrons. The Balaban J connectivity index is 1.94. The minimum atomic E-state index is 0.439. The van der Waals surface area contributed by atoms with Gasteiger partial charge in [-0.05, 0) is 31.6 Å². The van der Waals surface area contributed by atoms with E-state index in [1.54, 1.807) is 0 Å². The standard InChI is InChI=1S/C9H15N3OS/c10-5-1-4-8-11-12-9(13-8)7-3-2-6-14-7/h7H,1-6,10H2. The summed E-state index contributed by atoms with van der Waals surface area (Å²) in [5.74, 6) is 2.75. The number of nitrogens with two attached hydrogens (primary N) is 1. The van der Waals surface area contributed by atoms with Crippen LogP contribution in [0, 0.1) is 0 Å². The van der Waals surface area contributed by atoms with Gasteiger partial charge in [0.25, 0.3) is 0 Å². The molecule has 1 atom stereocenters. The van der Waals surface area contributed by atoms with Gasteiger partial charge in [0.05, 0.1) is 5.25 Å². The predicted molar refractivity (Wildman–Crippen MR) is 56.1 cm³/mol. The van der Waals surface area contributed by atoms with Crippen molar-refractivity contribution in [2.75, 3.05) is 12.3 Å². The van der Waals surface area contributed by atoms with Crippen molar-refractivity contribution in [3.8, 4) is 0 Å². The summed E-state index contributed by atoms with van der Waals surface area (Å²) in [6.07, 6.45) is 4.15. The molecule has 1 aromatic heterocycles. The normalized spacial score (nSPS) is 21.6. The number of hydrogen-bond donors (Lipinski definition) is 1. The molecule has 2 rings (SSSR count). The van der Waals surface area contributed by atoms with E-state index in [0.717, 1.165) is 24.6 Å². The Morgan fingerprint density at radius 2 is 2.43 bits per heavy atom. The van der Waals surface area contributed by atoms with E-state index in [9.17, 15) is 0 Å². The van der Waals surface area contributed by atoms with Crippen LogP contribution in [0.4, 0.5) is 0 Å². The fourth-order valence-corrected chi connectivity index (χ4v) is 2.71. The number of rotatable bonds is 4. The van der Waals surface area contributed by atoms with Crippen molar-refractivity contribution in [2.24, 2.45) is 5.73 Å². The number of nitrogens with zero attached hydrogens (tertiary/aromatic N) is 2. The van der Waals surface area contributed by atoms with Gasteiger partial charge in [0, 0.05) is 6.42 Å². The van der Waals surface area contributed by atoms with Crippen molar-refractivity contribution < 1.29 is 4.42 Å². The molecule has 2 heterocycles. The number of hydrogen-bond acceptors (Lipinski definition) is 5. The first kappa shape index (κ1) is 9.98. The first-order valence-corrected chi connectivity index (χ1v) is 6.09. The summed E-state index contributed by atoms with van der Waals surface area (Å²) in [4.78, 5) is 0. The van der Waals surface area contributed by atoms with Crippen LogP contribution in [-0.2, 0) is 6.42 Å². The first-order chi connectivity index (χ1) is 6.90. The Labute approximate surface area is 87.6 Å². The quantitative estimate of drug-likeness (QED) is 0.821. The van der Waals surface area contributed by atoms with Crippen LogP contribution in [0.15, 0.2) is 4.42 Å². The largest absolute Gasteiger partial charge is 0.424 e. The molecule has 0 spiro atoms. The molecule has 1 aliphatic heterocycles. The SMILES string of the molecule is NCCCc1nnc(C2CCCS2)o1. The monoisotopic (exact) mass is 213 g/mol. The maximum atomic E-state index is 5.57. The molecule has 5 heteroatoms. The Kier molecular flexibility index (Phi) is 3.42. The summed E-state index contributed by atoms with van der Waals surface area (Å²) in [6.45, 7) is 0.676. The summed E-state index contributed by atoms with van der Waals surface area (Å²) in [5.41, 5.74) is 5.41. The first-order valence-electron chi connectivity index (χ1n) is 5.04. The van der Waals surface area contributed by atoms with Crippen LogP contribution >= 0.6 is 11.8 Å². The van der Waals surface area contributed by atoms with Crippen LogP contribution in [0.25, 0.3) is 0 Å². The van der Waals surface area contributed by atoms with E-state index in [0.29, 0.717) is 11.8 Å². The lowest BCUT2D eigenvalue weighted by Gasteiger charge is -1.99. The molecule has 1 fully saturated rings. The lowest BCUT2D eigenvalue weighted by atomic mass is 10.2. The molecular weight excluding hydrogens is 198 g/mol. The molecule has 1 saturated heterocycles. The fraction of sp³-hybridized carbons (Fsp3) is 0.778. The van der Waals surface area contributed by atoms with Crippen molar-refractivity contribution in [1.82, 2.24) is 10.2 Å². The van der Waals surface area contributed by atoms with E-state index < -0.39 is 0 Å². The minimum absolute atomic E-state index is 0.439. The number of aryl methyl sites for hydroxylation is 1. The molecule has 0 radical (unpaired) electrons. The molecule has 1 aromatic rings. The molecule has 2 N–H and O–H groups in total. The molecule has 0 bridgehead atoms. The summed E-state index contributed by atoms with van der Waals surface area (Å²) < 4.78 is 5.57. The predicted octanol–water partition coefficient (Wildman–Crippen LogP) is 1.53. The van der Waals surface area contributed by atoms with Crippen molar-refractivity contribution in [1.29, 1.82) is 0 Å². The van der Waals surface area contributed by atoms with Gasteiger partial charge in [0.2, 0.25) is 11.8 Å². The van der Waals surface area contributed by atoms with Gasteiger partial charge in [-0.3, -0.25) is 0 Å². The van der Waals surface area contributed by atoms with Crippen LogP contribution in [0.2, 0.25) is 0 Å². The highest BCUT2D eigenvalue weighted by Gasteiger charge is 2.23. The zero-order chi connectivity index (χ0) is 9.80. The summed E-state index contributed by atoms with van der Waals surface area (Å²) in [7, 11) is 0. The van der Waals surface area contributed by atoms with Gasteiger partial charge in [-0.15, -0.1) is 22.0 Å². The van der Waals surface area contributed by atoms with Crippen LogP contribution in [0.3, 0.4) is 0 Å². The Morgan fingerprint density at radius 3 is 3.14 bits per heavy atom. The summed E-state index contributed by atoms with van der Waals surface area (Å²) >= 11 is 1.91. The van der Waals surface area contributed by atoms with E-state index in [-0.39, 0.29) is 0 Å². The van der Waals surface area contributed by atoms with Gasteiger partial charge in [0.15, 0.2) is 0 Å². The van der Waals surface area contributed by atoms with Crippen LogP contribution in [0.5, 0.6) is 0 Å². The third kappa shape index (κ3) is 2.27. The molecular formula is C9H15N3OS. The second-order valence-corrected chi connectivity index (χ2v) is 4.74. The van der Waals surface area contributed by atoms with Gasteiger partial charge in [-0.25, -0.2) is 0 Å². The zero-order valence-corrected chi connectivity index (χ0v) is 8.92. The molecule has 0 saturated carbocycles. The minimum Gasteiger partial charge on any atom is -0.424 e. The van der Waals surface area contributed by atoms with Crippen molar-refractivity contribution in [2.45, 2.75) is 30.9 Å². The van der Waals surface area contributed by atoms with E-state index in [1.807, 2.05) is 11.8 Å². The summed E-state index contributed by atoms with van der Waals surface area (Å²) in [5, 5.41) is 8.52. The molecule has 14 heavy (non-hydrogen) atoms. The number of aromatic nitrogens is 2. The topological polar surface area (TPSA) is 64.9 Å². The molecule has 1 unspecified atom stereocenters. The highest BCUT2D eigenvalue weighted by molar-refractivity contribution is 7.99. The van der Waals surface area contributed by atoms with Gasteiger partial charge >= 0.3 is 0 Å². The van der Waals surface area contributed by atoms with E-state index in [1.165, 1.54) is 18.6 Å². The van der Waals surface area contributed by atoms with E-state index in [2.05, 4.69) is 10.2 Å². The Morgan fingerprint density at radius 1 is 1.50 bits per heavy atom. The molecule has 4 nitrogen and oxygen atoms in total. The van der Waals surface area contributed by atoms with Crippen LogP contribution in [0.1, 0.15) is 36.3 Å². The number of thioether (sulfide) groups is 1. The molecule has 0 amide bonds. The van der Waals surface area contributed by atoms with Gasteiger partial charge < -0.3 is 10.2 Å². The Hall–Kier alpha value is -0.550. The summed E-state index contributed by atoms with van der Waals surface area (Å²) in [6, 6.07) is 0. The highest BCUT2D eigenvalue weighted by Crippen LogP contribution is 2.38. The molecule has 1 aliphatic rings. The van der Waals surface area contributed by atoms with Gasteiger partial charge in [-0.2, -0.15) is 0 Å². The van der Waals surface area contributed by atoms with E-state index >= 15 is 0 Å². The third-order valence-corrected chi connectivity index (χ3v) is 3.65. The Bertz CT molecular complexity index is 283. The molecule has 0 aromatic carbocycles. The lowest BCUT2D eigenvalue weighted by Crippen LogP contribution is -2.00. The maximum absolute atomic E-state index is 5.57. The lowest BCUT2D eigenvalue weighted by molar-refractivity contribution is 0.440. The fourth-order valence-electron chi connectivity index (χ4n) is 1.52. The zero-order valence-electron chi connectivity index (χ0n) is 8.11. The second-order valence-electron chi connectivity index (χ2n) is 3.43. The van der Waals surface area contributed by atoms with Crippen LogP contribution < -0.4 is 5.73 Å². The average Bonchev–Trinajstić information content (AvgIpc) is 2.85. The van der Waals surface area contributed by atoms with Crippen molar-refractivity contribution >= 4 is 11.8 Å². The smallest absolute Gasteiger partial charge is 0.229 e. The third-order valence-electron chi connectivity index (χ3n) is 2.28. The van der Waals surface area contributed by atoms with Gasteiger partial charge in [0.1, 0.15) is 0 Å². The second kappa shape index (κ2) is 4.79. The van der Waals surface area contributed by atoms with Gasteiger partial charge in [-0.1, -0.05) is 0 Å². The van der Waals surface area contributed by atoms with Crippen molar-refractivity contribution in [3.05, 3.63) is 11.8 Å². The molecule has 0 aliphatic carbocycles. The average molecular weight is 213 g/mol.